The molecule has 0 saturated heterocycles. The molecule has 6 heteroatoms. The lowest BCUT2D eigenvalue weighted by Gasteiger charge is -2.18. The Morgan fingerprint density at radius 2 is 0.750 bits per heavy atom. The zero-order valence-corrected chi connectivity index (χ0v) is 38.7. The highest BCUT2D eigenvalue weighted by molar-refractivity contribution is 5.71. The number of carbonyl (C=O) groups excluding carboxylic acids is 3. The van der Waals surface area contributed by atoms with Crippen LogP contribution in [0.5, 0.6) is 0 Å². The summed E-state index contributed by atoms with van der Waals surface area (Å²) in [6, 6.07) is 0. The summed E-state index contributed by atoms with van der Waals surface area (Å²) in [6.45, 7) is 6.37. The third-order valence-corrected chi connectivity index (χ3v) is 10.00. The Hall–Kier alpha value is -3.67. The van der Waals surface area contributed by atoms with Gasteiger partial charge >= 0.3 is 17.9 Å². The predicted molar refractivity (Wildman–Crippen MR) is 256 cm³/mol. The SMILES string of the molecule is CC\C=C/C=C\C=C/C=C\C=C\C=C/CCCCCC(=O)OCC(COC(=O)CCCCCCCCCCCCCC)OC(=O)CC/C=C\C/C=C\CCCCCCCC. The quantitative estimate of drug-likeness (QED) is 0.0200. The first-order chi connectivity index (χ1) is 29.5. The average Bonchev–Trinajstić information content (AvgIpc) is 3.24. The highest BCUT2D eigenvalue weighted by Gasteiger charge is 2.19. The first-order valence-electron chi connectivity index (χ1n) is 24.3. The molecule has 60 heavy (non-hydrogen) atoms. The Morgan fingerprint density at radius 1 is 0.367 bits per heavy atom. The third kappa shape index (κ3) is 45.4. The molecule has 0 amide bonds. The van der Waals surface area contributed by atoms with Crippen molar-refractivity contribution in [2.45, 2.75) is 213 Å². The molecule has 1 unspecified atom stereocenters. The molecule has 0 saturated carbocycles. The normalized spacial score (nSPS) is 12.9. The van der Waals surface area contributed by atoms with E-state index in [1.165, 1.54) is 96.3 Å². The van der Waals surface area contributed by atoms with E-state index in [0.717, 1.165) is 64.2 Å². The lowest BCUT2D eigenvalue weighted by molar-refractivity contribution is -0.166. The molecule has 0 radical (unpaired) electrons. The molecular formula is C54H88O6. The molecule has 0 aliphatic rings. The summed E-state index contributed by atoms with van der Waals surface area (Å²) >= 11 is 0. The van der Waals surface area contributed by atoms with E-state index in [-0.39, 0.29) is 31.6 Å². The van der Waals surface area contributed by atoms with E-state index in [0.29, 0.717) is 19.3 Å². The predicted octanol–water partition coefficient (Wildman–Crippen LogP) is 15.8. The molecule has 340 valence electrons. The molecule has 0 aliphatic carbocycles. The van der Waals surface area contributed by atoms with Crippen LogP contribution in [0.3, 0.4) is 0 Å². The van der Waals surface area contributed by atoms with E-state index in [9.17, 15) is 14.4 Å². The van der Waals surface area contributed by atoms with Crippen LogP contribution in [-0.2, 0) is 28.6 Å². The van der Waals surface area contributed by atoms with E-state index >= 15 is 0 Å². The summed E-state index contributed by atoms with van der Waals surface area (Å²) in [5, 5.41) is 0. The van der Waals surface area contributed by atoms with Gasteiger partial charge in [-0.15, -0.1) is 0 Å². The zero-order valence-electron chi connectivity index (χ0n) is 38.7. The topological polar surface area (TPSA) is 78.9 Å². The standard InChI is InChI=1S/C54H88O6/c1-4-7-10-13-16-19-22-25-26-27-28-30-32-35-38-41-44-47-53(56)59-50-51(49-58-52(55)46-43-40-37-34-31-24-21-18-15-12-9-6-3)60-54(57)48-45-42-39-36-33-29-23-20-17-14-11-8-5-2/h7,10,13,16,19,22,25-30,32-33,39,42,51H,4-6,8-9,11-12,14-15,17-18,20-21,23-24,31,34-38,40-41,43-50H2,1-3H3/b10-7-,16-13-,22-19-,26-25-,28-27+,32-30-,33-29-,42-39-. The third-order valence-electron chi connectivity index (χ3n) is 10.00. The van der Waals surface area contributed by atoms with Gasteiger partial charge in [-0.3, -0.25) is 14.4 Å². The van der Waals surface area contributed by atoms with Crippen LogP contribution in [0.2, 0.25) is 0 Å². The Labute approximate surface area is 368 Å². The van der Waals surface area contributed by atoms with Crippen LogP contribution < -0.4 is 0 Å². The summed E-state index contributed by atoms with van der Waals surface area (Å²) in [5.74, 6) is -1.03. The first kappa shape index (κ1) is 56.3. The number of esters is 3. The van der Waals surface area contributed by atoms with E-state index in [2.05, 4.69) is 51.2 Å². The fraction of sp³-hybridized carbons (Fsp3) is 0.648. The van der Waals surface area contributed by atoms with Crippen molar-refractivity contribution in [1.82, 2.24) is 0 Å². The Bertz CT molecular complexity index is 1230. The molecule has 0 fully saturated rings. The van der Waals surface area contributed by atoms with Gasteiger partial charge in [0.2, 0.25) is 0 Å². The van der Waals surface area contributed by atoms with Crippen LogP contribution in [0.15, 0.2) is 97.2 Å². The van der Waals surface area contributed by atoms with Gasteiger partial charge < -0.3 is 14.2 Å². The van der Waals surface area contributed by atoms with Gasteiger partial charge in [-0.2, -0.15) is 0 Å². The van der Waals surface area contributed by atoms with Crippen molar-refractivity contribution in [2.24, 2.45) is 0 Å². The number of unbranched alkanes of at least 4 members (excludes halogenated alkanes) is 20. The number of allylic oxidation sites excluding steroid dienone is 16. The van der Waals surface area contributed by atoms with Gasteiger partial charge in [0.25, 0.3) is 0 Å². The van der Waals surface area contributed by atoms with Gasteiger partial charge in [-0.1, -0.05) is 227 Å². The van der Waals surface area contributed by atoms with Gasteiger partial charge in [0.15, 0.2) is 6.10 Å². The molecular weight excluding hydrogens is 745 g/mol. The molecule has 0 aromatic heterocycles. The maximum atomic E-state index is 12.7. The molecule has 0 aromatic carbocycles. The van der Waals surface area contributed by atoms with Crippen LogP contribution in [0, 0.1) is 0 Å². The van der Waals surface area contributed by atoms with Gasteiger partial charge in [-0.05, 0) is 57.8 Å². The van der Waals surface area contributed by atoms with Crippen molar-refractivity contribution in [2.75, 3.05) is 13.2 Å². The molecule has 0 rings (SSSR count). The Morgan fingerprint density at radius 3 is 1.23 bits per heavy atom. The lowest BCUT2D eigenvalue weighted by atomic mass is 10.0. The molecule has 0 bridgehead atoms. The number of carbonyl (C=O) groups is 3. The van der Waals surface area contributed by atoms with Gasteiger partial charge in [0.1, 0.15) is 13.2 Å². The second-order valence-electron chi connectivity index (χ2n) is 15.8. The van der Waals surface area contributed by atoms with Crippen LogP contribution in [0.4, 0.5) is 0 Å². The van der Waals surface area contributed by atoms with Crippen LogP contribution >= 0.6 is 0 Å². The summed E-state index contributed by atoms with van der Waals surface area (Å²) in [6.07, 6.45) is 62.5. The van der Waals surface area contributed by atoms with Gasteiger partial charge in [-0.25, -0.2) is 0 Å². The minimum absolute atomic E-state index is 0.114. The number of hydrogen-bond donors (Lipinski definition) is 0. The number of rotatable bonds is 42. The molecule has 0 aromatic rings. The van der Waals surface area contributed by atoms with E-state index in [4.69, 9.17) is 14.2 Å². The van der Waals surface area contributed by atoms with Crippen molar-refractivity contribution in [1.29, 1.82) is 0 Å². The smallest absolute Gasteiger partial charge is 0.306 e. The van der Waals surface area contributed by atoms with E-state index in [1.807, 2.05) is 66.8 Å². The highest BCUT2D eigenvalue weighted by atomic mass is 16.6. The van der Waals surface area contributed by atoms with Crippen LogP contribution in [0.1, 0.15) is 207 Å². The summed E-state index contributed by atoms with van der Waals surface area (Å²) in [7, 11) is 0. The Kier molecular flexibility index (Phi) is 45.1. The fourth-order valence-corrected chi connectivity index (χ4v) is 6.35. The molecule has 0 N–H and O–H groups in total. The summed E-state index contributed by atoms with van der Waals surface area (Å²) in [5.41, 5.74) is 0. The molecule has 0 heterocycles. The van der Waals surface area contributed by atoms with Crippen molar-refractivity contribution in [3.05, 3.63) is 97.2 Å². The average molecular weight is 833 g/mol. The zero-order chi connectivity index (χ0) is 43.7. The highest BCUT2D eigenvalue weighted by Crippen LogP contribution is 2.14. The minimum atomic E-state index is -0.824. The van der Waals surface area contributed by atoms with E-state index < -0.39 is 12.1 Å². The second-order valence-corrected chi connectivity index (χ2v) is 15.8. The number of hydrogen-bond acceptors (Lipinski definition) is 6. The second kappa shape index (κ2) is 48.0. The maximum Gasteiger partial charge on any atom is 0.306 e. The Balaban J connectivity index is 4.55. The fourth-order valence-electron chi connectivity index (χ4n) is 6.35. The molecule has 0 aliphatic heterocycles. The molecule has 1 atom stereocenters. The van der Waals surface area contributed by atoms with Crippen LogP contribution in [0.25, 0.3) is 0 Å². The maximum absolute atomic E-state index is 12.7. The van der Waals surface area contributed by atoms with Gasteiger partial charge in [0, 0.05) is 19.3 Å². The first-order valence-corrected chi connectivity index (χ1v) is 24.3. The molecule has 6 nitrogen and oxygen atoms in total. The largest absolute Gasteiger partial charge is 0.462 e. The van der Waals surface area contributed by atoms with Crippen molar-refractivity contribution < 1.29 is 28.6 Å². The van der Waals surface area contributed by atoms with E-state index in [1.54, 1.807) is 0 Å². The lowest BCUT2D eigenvalue weighted by Crippen LogP contribution is -2.30. The number of ether oxygens (including phenoxy) is 3. The van der Waals surface area contributed by atoms with Crippen molar-refractivity contribution >= 4 is 17.9 Å². The van der Waals surface area contributed by atoms with Crippen molar-refractivity contribution in [3.63, 3.8) is 0 Å². The summed E-state index contributed by atoms with van der Waals surface area (Å²) < 4.78 is 16.6. The van der Waals surface area contributed by atoms with Crippen LogP contribution in [-0.4, -0.2) is 37.2 Å². The van der Waals surface area contributed by atoms with Gasteiger partial charge in [0.05, 0.1) is 0 Å². The summed E-state index contributed by atoms with van der Waals surface area (Å²) in [4.78, 5) is 37.8. The van der Waals surface area contributed by atoms with Crippen molar-refractivity contribution in [3.8, 4) is 0 Å². The monoisotopic (exact) mass is 833 g/mol. The minimum Gasteiger partial charge on any atom is -0.462 e. The molecule has 0 spiro atoms.